The second-order valence-electron chi connectivity index (χ2n) is 4.43. The third-order valence-corrected chi connectivity index (χ3v) is 3.45. The molecule has 2 rings (SSSR count). The summed E-state index contributed by atoms with van der Waals surface area (Å²) in [6.45, 7) is 5.13. The van der Waals surface area contributed by atoms with Crippen LogP contribution in [0.1, 0.15) is 16.7 Å². The lowest BCUT2D eigenvalue weighted by Gasteiger charge is -2.15. The van der Waals surface area contributed by atoms with E-state index in [9.17, 15) is 14.7 Å². The molecule has 0 unspecified atom stereocenters. The monoisotopic (exact) mass is 324 g/mol. The van der Waals surface area contributed by atoms with Crippen molar-refractivity contribution in [3.05, 3.63) is 54.1 Å². The maximum atomic E-state index is 11.9. The van der Waals surface area contributed by atoms with E-state index >= 15 is 0 Å². The molecular weight excluding hydrogens is 312 g/mol. The second-order valence-corrected chi connectivity index (χ2v) is 5.35. The van der Waals surface area contributed by atoms with Crippen LogP contribution in [0.4, 0.5) is 0 Å². The molecule has 19 heavy (non-hydrogen) atoms. The van der Waals surface area contributed by atoms with Crippen LogP contribution in [0.25, 0.3) is 5.69 Å². The fourth-order valence-corrected chi connectivity index (χ4v) is 2.76. The van der Waals surface area contributed by atoms with Crippen molar-refractivity contribution in [3.63, 3.8) is 0 Å². The average Bonchev–Trinajstić information content (AvgIpc) is 2.29. The topological polar surface area (TPSA) is 75.1 Å². The number of hydrogen-bond acceptors (Lipinski definition) is 3. The van der Waals surface area contributed by atoms with E-state index in [1.165, 1.54) is 6.92 Å². The van der Waals surface area contributed by atoms with E-state index < -0.39 is 11.2 Å². The molecular formula is C13H13BrN2O3. The molecule has 0 spiro atoms. The third kappa shape index (κ3) is 2.23. The molecule has 0 amide bonds. The zero-order chi connectivity index (χ0) is 14.3. The molecule has 0 bridgehead atoms. The van der Waals surface area contributed by atoms with Gasteiger partial charge >= 0.3 is 5.69 Å². The molecule has 0 aliphatic carbocycles. The van der Waals surface area contributed by atoms with E-state index in [0.717, 1.165) is 20.2 Å². The fourth-order valence-electron chi connectivity index (χ4n) is 2.08. The number of nitrogens with one attached hydrogen (secondary N) is 1. The minimum Gasteiger partial charge on any atom is -0.494 e. The quantitative estimate of drug-likeness (QED) is 0.841. The van der Waals surface area contributed by atoms with Crippen molar-refractivity contribution in [2.24, 2.45) is 0 Å². The number of benzene rings is 1. The lowest BCUT2D eigenvalue weighted by Crippen LogP contribution is -2.31. The van der Waals surface area contributed by atoms with Crippen LogP contribution in [-0.4, -0.2) is 14.7 Å². The van der Waals surface area contributed by atoms with Crippen LogP contribution < -0.4 is 11.2 Å². The van der Waals surface area contributed by atoms with E-state index in [2.05, 4.69) is 20.9 Å². The lowest BCUT2D eigenvalue weighted by molar-refractivity contribution is 0.425. The van der Waals surface area contributed by atoms with Crippen molar-refractivity contribution < 1.29 is 5.11 Å². The number of rotatable bonds is 1. The molecule has 1 heterocycles. The van der Waals surface area contributed by atoms with Gasteiger partial charge in [-0.1, -0.05) is 15.9 Å². The summed E-state index contributed by atoms with van der Waals surface area (Å²) in [4.78, 5) is 25.6. The smallest absolute Gasteiger partial charge is 0.335 e. The van der Waals surface area contributed by atoms with Crippen molar-refractivity contribution in [2.75, 3.05) is 0 Å². The van der Waals surface area contributed by atoms with Gasteiger partial charge in [0.1, 0.15) is 0 Å². The summed E-state index contributed by atoms with van der Waals surface area (Å²) < 4.78 is 2.01. The molecule has 0 aliphatic rings. The van der Waals surface area contributed by atoms with Gasteiger partial charge in [0, 0.05) is 4.47 Å². The van der Waals surface area contributed by atoms with E-state index in [1.807, 2.05) is 26.0 Å². The predicted octanol–water partition coefficient (Wildman–Crippen LogP) is 1.92. The van der Waals surface area contributed by atoms with Gasteiger partial charge in [-0.3, -0.25) is 9.78 Å². The first-order chi connectivity index (χ1) is 8.82. The summed E-state index contributed by atoms with van der Waals surface area (Å²) >= 11 is 3.38. The highest BCUT2D eigenvalue weighted by Gasteiger charge is 2.15. The third-order valence-electron chi connectivity index (χ3n) is 2.99. The van der Waals surface area contributed by atoms with Gasteiger partial charge in [-0.25, -0.2) is 9.36 Å². The first-order valence-corrected chi connectivity index (χ1v) is 6.44. The molecule has 0 saturated carbocycles. The van der Waals surface area contributed by atoms with Crippen LogP contribution in [0.15, 0.2) is 26.2 Å². The van der Waals surface area contributed by atoms with Gasteiger partial charge in [-0.05, 0) is 44.0 Å². The SMILES string of the molecule is Cc1cc(Br)cc(C)c1-n1c(O)c(C)c(=O)[nH]c1=O. The molecule has 6 heteroatoms. The Kier molecular flexibility index (Phi) is 3.36. The molecule has 0 fully saturated rings. The Labute approximate surface area is 117 Å². The lowest BCUT2D eigenvalue weighted by atomic mass is 10.1. The largest absolute Gasteiger partial charge is 0.494 e. The number of aromatic nitrogens is 2. The predicted molar refractivity (Wildman–Crippen MR) is 76.2 cm³/mol. The maximum absolute atomic E-state index is 11.9. The summed E-state index contributed by atoms with van der Waals surface area (Å²) in [5, 5.41) is 10.1. The highest BCUT2D eigenvalue weighted by atomic mass is 79.9. The van der Waals surface area contributed by atoms with Gasteiger partial charge in [-0.15, -0.1) is 0 Å². The number of aromatic amines is 1. The number of aryl methyl sites for hydroxylation is 2. The Morgan fingerprint density at radius 2 is 1.68 bits per heavy atom. The van der Waals surface area contributed by atoms with Crippen LogP contribution in [0.5, 0.6) is 5.88 Å². The van der Waals surface area contributed by atoms with Crippen molar-refractivity contribution in [1.82, 2.24) is 9.55 Å². The van der Waals surface area contributed by atoms with E-state index in [1.54, 1.807) is 0 Å². The minimum atomic E-state index is -0.651. The number of hydrogen-bond donors (Lipinski definition) is 2. The van der Waals surface area contributed by atoms with E-state index in [4.69, 9.17) is 0 Å². The van der Waals surface area contributed by atoms with Crippen LogP contribution in [0.3, 0.4) is 0 Å². The number of halogens is 1. The summed E-state index contributed by atoms with van der Waals surface area (Å²) in [5.74, 6) is -0.331. The van der Waals surface area contributed by atoms with E-state index in [-0.39, 0.29) is 11.4 Å². The van der Waals surface area contributed by atoms with Gasteiger partial charge in [0.05, 0.1) is 11.3 Å². The molecule has 2 N–H and O–H groups in total. The highest BCUT2D eigenvalue weighted by Crippen LogP contribution is 2.26. The Morgan fingerprint density at radius 1 is 1.16 bits per heavy atom. The zero-order valence-electron chi connectivity index (χ0n) is 10.7. The van der Waals surface area contributed by atoms with Crippen LogP contribution in [0, 0.1) is 20.8 Å². The zero-order valence-corrected chi connectivity index (χ0v) is 12.3. The Balaban J connectivity index is 2.92. The van der Waals surface area contributed by atoms with Crippen LogP contribution >= 0.6 is 15.9 Å². The average molecular weight is 325 g/mol. The normalized spacial score (nSPS) is 10.7. The minimum absolute atomic E-state index is 0.112. The van der Waals surface area contributed by atoms with Gasteiger partial charge in [0.2, 0.25) is 5.88 Å². The van der Waals surface area contributed by atoms with Crippen molar-refractivity contribution >= 4 is 15.9 Å². The first kappa shape index (κ1) is 13.6. The number of nitrogens with zero attached hydrogens (tertiary/aromatic N) is 1. The molecule has 0 radical (unpaired) electrons. The van der Waals surface area contributed by atoms with E-state index in [0.29, 0.717) is 5.69 Å². The van der Waals surface area contributed by atoms with Gasteiger partial charge in [0.15, 0.2) is 0 Å². The molecule has 1 aromatic carbocycles. The number of H-pyrrole nitrogens is 1. The van der Waals surface area contributed by atoms with Crippen molar-refractivity contribution in [2.45, 2.75) is 20.8 Å². The Bertz CT molecular complexity index is 751. The standard InChI is InChI=1S/C13H13BrN2O3/c1-6-4-9(14)5-7(2)10(6)16-12(18)8(3)11(17)15-13(16)19/h4-5,18H,1-3H3,(H,15,17,19). The summed E-state index contributed by atoms with van der Waals surface area (Å²) in [7, 11) is 0. The van der Waals surface area contributed by atoms with Crippen molar-refractivity contribution in [3.8, 4) is 11.6 Å². The molecule has 0 atom stereocenters. The Hall–Kier alpha value is -1.82. The second kappa shape index (κ2) is 4.70. The highest BCUT2D eigenvalue weighted by molar-refractivity contribution is 9.10. The van der Waals surface area contributed by atoms with Crippen LogP contribution in [0.2, 0.25) is 0 Å². The summed E-state index contributed by atoms with van der Waals surface area (Å²) in [6.07, 6.45) is 0. The first-order valence-electron chi connectivity index (χ1n) is 5.65. The van der Waals surface area contributed by atoms with Crippen LogP contribution in [-0.2, 0) is 0 Å². The molecule has 100 valence electrons. The fraction of sp³-hybridized carbons (Fsp3) is 0.231. The molecule has 1 aromatic heterocycles. The molecule has 0 saturated heterocycles. The molecule has 2 aromatic rings. The molecule has 0 aliphatic heterocycles. The van der Waals surface area contributed by atoms with Gasteiger partial charge in [-0.2, -0.15) is 0 Å². The Morgan fingerprint density at radius 3 is 2.21 bits per heavy atom. The summed E-state index contributed by atoms with van der Waals surface area (Å²) in [5.41, 5.74) is 1.09. The molecule has 5 nitrogen and oxygen atoms in total. The number of aromatic hydroxyl groups is 1. The van der Waals surface area contributed by atoms with Gasteiger partial charge < -0.3 is 5.11 Å². The van der Waals surface area contributed by atoms with Gasteiger partial charge in [0.25, 0.3) is 5.56 Å². The maximum Gasteiger partial charge on any atom is 0.335 e. The van der Waals surface area contributed by atoms with Crippen molar-refractivity contribution in [1.29, 1.82) is 0 Å². The summed E-state index contributed by atoms with van der Waals surface area (Å²) in [6, 6.07) is 3.68.